The molecule has 0 aliphatic rings. The molecule has 1 heterocycles. The van der Waals surface area contributed by atoms with E-state index in [0.29, 0.717) is 16.9 Å². The number of aromatic nitrogens is 1. The SMILES string of the molecule is NNc1ccnc(-c2cccc(OC(F)(F)F)c2)c1. The van der Waals surface area contributed by atoms with Crippen LogP contribution in [0.1, 0.15) is 0 Å². The van der Waals surface area contributed by atoms with E-state index in [1.165, 1.54) is 24.4 Å². The molecule has 7 heteroatoms. The van der Waals surface area contributed by atoms with Crippen molar-refractivity contribution >= 4 is 5.69 Å². The number of nitrogens with one attached hydrogen (secondary N) is 1. The molecule has 0 aliphatic carbocycles. The van der Waals surface area contributed by atoms with Gasteiger partial charge in [0.15, 0.2) is 0 Å². The first-order chi connectivity index (χ1) is 8.98. The van der Waals surface area contributed by atoms with Crippen molar-refractivity contribution in [1.29, 1.82) is 0 Å². The Morgan fingerprint density at radius 1 is 1.16 bits per heavy atom. The van der Waals surface area contributed by atoms with Gasteiger partial charge in [-0.1, -0.05) is 12.1 Å². The molecular formula is C12H10F3N3O. The molecule has 0 bridgehead atoms. The van der Waals surface area contributed by atoms with Gasteiger partial charge in [-0.3, -0.25) is 10.8 Å². The fraction of sp³-hybridized carbons (Fsp3) is 0.0833. The molecule has 2 aromatic rings. The normalized spacial score (nSPS) is 11.2. The predicted octanol–water partition coefficient (Wildman–Crippen LogP) is 2.93. The number of benzene rings is 1. The van der Waals surface area contributed by atoms with Crippen LogP contribution in [0.15, 0.2) is 42.6 Å². The second-order valence-electron chi connectivity index (χ2n) is 3.65. The molecule has 0 amide bonds. The van der Waals surface area contributed by atoms with E-state index in [2.05, 4.69) is 15.1 Å². The average molecular weight is 269 g/mol. The summed E-state index contributed by atoms with van der Waals surface area (Å²) in [7, 11) is 0. The monoisotopic (exact) mass is 269 g/mol. The minimum absolute atomic E-state index is 0.294. The maximum Gasteiger partial charge on any atom is 0.573 e. The number of hydrogen-bond donors (Lipinski definition) is 2. The lowest BCUT2D eigenvalue weighted by molar-refractivity contribution is -0.274. The minimum atomic E-state index is -4.72. The summed E-state index contributed by atoms with van der Waals surface area (Å²) in [5, 5.41) is 0. The Morgan fingerprint density at radius 2 is 1.95 bits per heavy atom. The Kier molecular flexibility index (Phi) is 3.57. The van der Waals surface area contributed by atoms with Gasteiger partial charge in [0.2, 0.25) is 0 Å². The molecular weight excluding hydrogens is 259 g/mol. The number of rotatable bonds is 3. The molecule has 0 spiro atoms. The standard InChI is InChI=1S/C12H10F3N3O/c13-12(14,15)19-10-3-1-2-8(6-10)11-7-9(18-16)4-5-17-11/h1-7H,16H2,(H,17,18). The molecule has 19 heavy (non-hydrogen) atoms. The Morgan fingerprint density at radius 3 is 2.63 bits per heavy atom. The minimum Gasteiger partial charge on any atom is -0.406 e. The molecule has 0 unspecified atom stereocenters. The van der Waals surface area contributed by atoms with Gasteiger partial charge in [-0.2, -0.15) is 0 Å². The number of hydrazine groups is 1. The zero-order valence-electron chi connectivity index (χ0n) is 9.61. The lowest BCUT2D eigenvalue weighted by atomic mass is 10.1. The zero-order valence-corrected chi connectivity index (χ0v) is 9.61. The number of nitrogen functional groups attached to an aromatic ring is 1. The number of ether oxygens (including phenoxy) is 1. The Balaban J connectivity index is 2.32. The van der Waals surface area contributed by atoms with Crippen LogP contribution >= 0.6 is 0 Å². The van der Waals surface area contributed by atoms with Crippen molar-refractivity contribution in [2.75, 3.05) is 5.43 Å². The highest BCUT2D eigenvalue weighted by atomic mass is 19.4. The van der Waals surface area contributed by atoms with Crippen molar-refractivity contribution in [3.63, 3.8) is 0 Å². The van der Waals surface area contributed by atoms with Crippen LogP contribution in [0.25, 0.3) is 11.3 Å². The lowest BCUT2D eigenvalue weighted by Crippen LogP contribution is -2.17. The van der Waals surface area contributed by atoms with Gasteiger partial charge in [0.25, 0.3) is 0 Å². The summed E-state index contributed by atoms with van der Waals surface area (Å²) < 4.78 is 40.2. The van der Waals surface area contributed by atoms with E-state index >= 15 is 0 Å². The molecule has 1 aromatic carbocycles. The van der Waals surface area contributed by atoms with E-state index in [-0.39, 0.29) is 5.75 Å². The fourth-order valence-corrected chi connectivity index (χ4v) is 1.53. The summed E-state index contributed by atoms with van der Waals surface area (Å²) in [4.78, 5) is 4.06. The van der Waals surface area contributed by atoms with Crippen LogP contribution in [0.5, 0.6) is 5.75 Å². The van der Waals surface area contributed by atoms with Gasteiger partial charge in [-0.05, 0) is 24.3 Å². The molecule has 2 rings (SSSR count). The predicted molar refractivity (Wildman–Crippen MR) is 64.2 cm³/mol. The lowest BCUT2D eigenvalue weighted by Gasteiger charge is -2.10. The first-order valence-corrected chi connectivity index (χ1v) is 5.27. The number of anilines is 1. The van der Waals surface area contributed by atoms with Crippen LogP contribution in [0.3, 0.4) is 0 Å². The van der Waals surface area contributed by atoms with Gasteiger partial charge in [0, 0.05) is 11.8 Å². The number of alkyl halides is 3. The molecule has 0 aliphatic heterocycles. The molecule has 0 saturated carbocycles. The first-order valence-electron chi connectivity index (χ1n) is 5.27. The summed E-state index contributed by atoms with van der Waals surface area (Å²) in [6.07, 6.45) is -3.21. The van der Waals surface area contributed by atoms with E-state index < -0.39 is 6.36 Å². The van der Waals surface area contributed by atoms with Gasteiger partial charge in [-0.15, -0.1) is 13.2 Å². The molecule has 0 saturated heterocycles. The fourth-order valence-electron chi connectivity index (χ4n) is 1.53. The van der Waals surface area contributed by atoms with Crippen molar-refractivity contribution in [3.8, 4) is 17.0 Å². The number of halogens is 3. The van der Waals surface area contributed by atoms with Gasteiger partial charge < -0.3 is 10.2 Å². The smallest absolute Gasteiger partial charge is 0.406 e. The third kappa shape index (κ3) is 3.59. The van der Waals surface area contributed by atoms with Crippen molar-refractivity contribution in [3.05, 3.63) is 42.6 Å². The molecule has 100 valence electrons. The van der Waals surface area contributed by atoms with Crippen molar-refractivity contribution in [2.24, 2.45) is 5.84 Å². The molecule has 4 nitrogen and oxygen atoms in total. The van der Waals surface area contributed by atoms with Crippen LogP contribution in [0.2, 0.25) is 0 Å². The van der Waals surface area contributed by atoms with Gasteiger partial charge in [0.05, 0.1) is 11.4 Å². The molecule has 0 radical (unpaired) electrons. The Bertz CT molecular complexity index is 572. The van der Waals surface area contributed by atoms with E-state index in [0.717, 1.165) is 0 Å². The highest BCUT2D eigenvalue weighted by Crippen LogP contribution is 2.27. The number of hydrogen-bond acceptors (Lipinski definition) is 4. The van der Waals surface area contributed by atoms with Crippen molar-refractivity contribution < 1.29 is 17.9 Å². The van der Waals surface area contributed by atoms with E-state index in [4.69, 9.17) is 5.84 Å². The second kappa shape index (κ2) is 5.15. The third-order valence-electron chi connectivity index (χ3n) is 2.29. The highest BCUT2D eigenvalue weighted by Gasteiger charge is 2.31. The Hall–Kier alpha value is -2.28. The average Bonchev–Trinajstić information content (AvgIpc) is 2.37. The Labute approximate surface area is 107 Å². The van der Waals surface area contributed by atoms with Crippen molar-refractivity contribution in [2.45, 2.75) is 6.36 Å². The third-order valence-corrected chi connectivity index (χ3v) is 2.29. The van der Waals surface area contributed by atoms with E-state index in [1.54, 1.807) is 18.2 Å². The topological polar surface area (TPSA) is 60.2 Å². The summed E-state index contributed by atoms with van der Waals surface area (Å²) in [5.41, 5.74) is 4.03. The summed E-state index contributed by atoms with van der Waals surface area (Å²) in [6.45, 7) is 0. The first kappa shape index (κ1) is 13.2. The summed E-state index contributed by atoms with van der Waals surface area (Å²) in [5.74, 6) is 4.97. The van der Waals surface area contributed by atoms with Gasteiger partial charge >= 0.3 is 6.36 Å². The van der Waals surface area contributed by atoms with Gasteiger partial charge in [0.1, 0.15) is 5.75 Å². The zero-order chi connectivity index (χ0) is 13.9. The maximum absolute atomic E-state index is 12.1. The van der Waals surface area contributed by atoms with E-state index in [1.807, 2.05) is 0 Å². The van der Waals surface area contributed by atoms with Crippen LogP contribution in [-0.2, 0) is 0 Å². The molecule has 3 N–H and O–H groups in total. The van der Waals surface area contributed by atoms with Crippen LogP contribution in [-0.4, -0.2) is 11.3 Å². The molecule has 0 atom stereocenters. The molecule has 1 aromatic heterocycles. The van der Waals surface area contributed by atoms with Crippen LogP contribution in [0, 0.1) is 0 Å². The number of nitrogens with two attached hydrogens (primary N) is 1. The largest absolute Gasteiger partial charge is 0.573 e. The van der Waals surface area contributed by atoms with Gasteiger partial charge in [-0.25, -0.2) is 0 Å². The van der Waals surface area contributed by atoms with E-state index in [9.17, 15) is 13.2 Å². The number of pyridine rings is 1. The number of nitrogens with zero attached hydrogens (tertiary/aromatic N) is 1. The summed E-state index contributed by atoms with van der Waals surface area (Å²) in [6, 6.07) is 8.83. The van der Waals surface area contributed by atoms with Crippen LogP contribution in [0.4, 0.5) is 18.9 Å². The quantitative estimate of drug-likeness (QED) is 0.664. The second-order valence-corrected chi connectivity index (χ2v) is 3.65. The molecule has 0 fully saturated rings. The van der Waals surface area contributed by atoms with Crippen LogP contribution < -0.4 is 16.0 Å². The maximum atomic E-state index is 12.1. The highest BCUT2D eigenvalue weighted by molar-refractivity contribution is 5.65. The van der Waals surface area contributed by atoms with Crippen molar-refractivity contribution in [1.82, 2.24) is 4.98 Å². The summed E-state index contributed by atoms with van der Waals surface area (Å²) >= 11 is 0.